The Balaban J connectivity index is 2.20. The lowest BCUT2D eigenvalue weighted by Gasteiger charge is -2.10. The third kappa shape index (κ3) is 3.66. The number of amidine groups is 1. The highest BCUT2D eigenvalue weighted by Gasteiger charge is 2.06. The van der Waals surface area contributed by atoms with Gasteiger partial charge in [-0.25, -0.2) is 0 Å². The fraction of sp³-hybridized carbons (Fsp3) is 0.188. The van der Waals surface area contributed by atoms with Gasteiger partial charge in [0, 0.05) is 11.6 Å². The molecule has 5 nitrogen and oxygen atoms in total. The summed E-state index contributed by atoms with van der Waals surface area (Å²) >= 11 is 0. The molecule has 110 valence electrons. The van der Waals surface area contributed by atoms with Crippen LogP contribution in [0.4, 0.5) is 0 Å². The van der Waals surface area contributed by atoms with Gasteiger partial charge in [0.05, 0.1) is 6.61 Å². The predicted molar refractivity (Wildman–Crippen MR) is 81.4 cm³/mol. The van der Waals surface area contributed by atoms with Crippen LogP contribution in [0.5, 0.6) is 17.2 Å². The highest BCUT2D eigenvalue weighted by molar-refractivity contribution is 5.98. The molecule has 3 N–H and O–H groups in total. The van der Waals surface area contributed by atoms with Gasteiger partial charge in [-0.2, -0.15) is 0 Å². The van der Waals surface area contributed by atoms with Crippen LogP contribution in [0.15, 0.2) is 47.6 Å². The Hall–Kier alpha value is -2.69. The predicted octanol–water partition coefficient (Wildman–Crippen LogP) is 3.28. The summed E-state index contributed by atoms with van der Waals surface area (Å²) in [6.07, 6.45) is 0. The summed E-state index contributed by atoms with van der Waals surface area (Å²) < 4.78 is 11.2. The molecule has 2 aromatic rings. The summed E-state index contributed by atoms with van der Waals surface area (Å²) in [5.74, 6) is 2.21. The van der Waals surface area contributed by atoms with Crippen LogP contribution in [-0.4, -0.2) is 17.6 Å². The smallest absolute Gasteiger partial charge is 0.170 e. The summed E-state index contributed by atoms with van der Waals surface area (Å²) in [6, 6.07) is 12.8. The van der Waals surface area contributed by atoms with Gasteiger partial charge in [-0.15, -0.1) is 0 Å². The quantitative estimate of drug-likeness (QED) is 0.383. The Labute approximate surface area is 123 Å². The van der Waals surface area contributed by atoms with Crippen LogP contribution in [0.25, 0.3) is 0 Å². The van der Waals surface area contributed by atoms with E-state index in [1.807, 2.05) is 44.2 Å². The summed E-state index contributed by atoms with van der Waals surface area (Å²) in [5.41, 5.74) is 7.13. The van der Waals surface area contributed by atoms with Crippen molar-refractivity contribution in [2.75, 3.05) is 6.61 Å². The fourth-order valence-corrected chi connectivity index (χ4v) is 1.97. The SMILES string of the molecule is CCOc1cccc(Oc2ccc(/C(N)=N/O)c(C)c2)c1. The number of aryl methyl sites for hydroxylation is 1. The van der Waals surface area contributed by atoms with Crippen molar-refractivity contribution in [1.82, 2.24) is 0 Å². The molecule has 0 aliphatic rings. The van der Waals surface area contributed by atoms with E-state index in [0.29, 0.717) is 23.7 Å². The molecule has 2 aromatic carbocycles. The zero-order chi connectivity index (χ0) is 15.2. The van der Waals surface area contributed by atoms with Crippen LogP contribution in [0.1, 0.15) is 18.1 Å². The van der Waals surface area contributed by atoms with Gasteiger partial charge in [0.2, 0.25) is 0 Å². The number of ether oxygens (including phenoxy) is 2. The standard InChI is InChI=1S/C16H18N2O3/c1-3-20-12-5-4-6-13(10-12)21-14-7-8-15(11(2)9-14)16(17)18-19/h4-10,19H,3H2,1-2H3,(H2,17,18). The molecule has 0 atom stereocenters. The lowest BCUT2D eigenvalue weighted by atomic mass is 10.1. The monoisotopic (exact) mass is 286 g/mol. The number of nitrogens with zero attached hydrogens (tertiary/aromatic N) is 1. The molecule has 0 aromatic heterocycles. The molecule has 0 fully saturated rings. The summed E-state index contributed by atoms with van der Waals surface area (Å²) in [7, 11) is 0. The lowest BCUT2D eigenvalue weighted by Crippen LogP contribution is -2.14. The van der Waals surface area contributed by atoms with Crippen molar-refractivity contribution < 1.29 is 14.7 Å². The largest absolute Gasteiger partial charge is 0.494 e. The van der Waals surface area contributed by atoms with E-state index in [4.69, 9.17) is 20.4 Å². The molecular formula is C16H18N2O3. The number of oxime groups is 1. The molecular weight excluding hydrogens is 268 g/mol. The lowest BCUT2D eigenvalue weighted by molar-refractivity contribution is 0.318. The Morgan fingerprint density at radius 2 is 1.86 bits per heavy atom. The maximum atomic E-state index is 8.72. The minimum absolute atomic E-state index is 0.0809. The van der Waals surface area contributed by atoms with E-state index in [1.54, 1.807) is 12.1 Å². The molecule has 0 heterocycles. The van der Waals surface area contributed by atoms with E-state index in [1.165, 1.54) is 0 Å². The third-order valence-electron chi connectivity index (χ3n) is 2.93. The fourth-order valence-electron chi connectivity index (χ4n) is 1.97. The highest BCUT2D eigenvalue weighted by atomic mass is 16.5. The molecule has 0 amide bonds. The third-order valence-corrected chi connectivity index (χ3v) is 2.93. The second-order valence-electron chi connectivity index (χ2n) is 4.47. The number of hydrogen-bond acceptors (Lipinski definition) is 4. The Morgan fingerprint density at radius 1 is 1.14 bits per heavy atom. The normalized spacial score (nSPS) is 11.2. The van der Waals surface area contributed by atoms with Gasteiger partial charge >= 0.3 is 0 Å². The summed E-state index contributed by atoms with van der Waals surface area (Å²) in [4.78, 5) is 0. The molecule has 0 spiro atoms. The van der Waals surface area contributed by atoms with Gasteiger partial charge in [0.15, 0.2) is 5.84 Å². The number of rotatable bonds is 5. The number of nitrogens with two attached hydrogens (primary N) is 1. The molecule has 0 saturated heterocycles. The first kappa shape index (κ1) is 14.7. The van der Waals surface area contributed by atoms with Crippen LogP contribution < -0.4 is 15.2 Å². The van der Waals surface area contributed by atoms with Gasteiger partial charge < -0.3 is 20.4 Å². The van der Waals surface area contributed by atoms with Gasteiger partial charge in [-0.3, -0.25) is 0 Å². The Morgan fingerprint density at radius 3 is 2.52 bits per heavy atom. The minimum Gasteiger partial charge on any atom is -0.494 e. The van der Waals surface area contributed by atoms with Crippen LogP contribution in [0.3, 0.4) is 0 Å². The van der Waals surface area contributed by atoms with Gasteiger partial charge in [0.25, 0.3) is 0 Å². The van der Waals surface area contributed by atoms with Crippen molar-refractivity contribution in [3.63, 3.8) is 0 Å². The van der Waals surface area contributed by atoms with Crippen molar-refractivity contribution in [2.24, 2.45) is 10.9 Å². The van der Waals surface area contributed by atoms with Crippen molar-refractivity contribution in [3.05, 3.63) is 53.6 Å². The van der Waals surface area contributed by atoms with Crippen LogP contribution in [-0.2, 0) is 0 Å². The Kier molecular flexibility index (Phi) is 4.66. The molecule has 0 bridgehead atoms. The van der Waals surface area contributed by atoms with Crippen LogP contribution in [0.2, 0.25) is 0 Å². The topological polar surface area (TPSA) is 77.1 Å². The summed E-state index contributed by atoms with van der Waals surface area (Å²) in [6.45, 7) is 4.41. The second-order valence-corrected chi connectivity index (χ2v) is 4.47. The van der Waals surface area contributed by atoms with E-state index in [-0.39, 0.29) is 5.84 Å². The zero-order valence-electron chi connectivity index (χ0n) is 12.0. The highest BCUT2D eigenvalue weighted by Crippen LogP contribution is 2.26. The van der Waals surface area contributed by atoms with Crippen molar-refractivity contribution >= 4 is 5.84 Å². The second kappa shape index (κ2) is 6.65. The average Bonchev–Trinajstić information content (AvgIpc) is 2.47. The molecule has 0 aliphatic carbocycles. The first-order chi connectivity index (χ1) is 10.1. The van der Waals surface area contributed by atoms with Crippen molar-refractivity contribution in [1.29, 1.82) is 0 Å². The average molecular weight is 286 g/mol. The molecule has 2 rings (SSSR count). The first-order valence-electron chi connectivity index (χ1n) is 6.63. The summed E-state index contributed by atoms with van der Waals surface area (Å²) in [5, 5.41) is 11.7. The molecule has 0 unspecified atom stereocenters. The molecule has 21 heavy (non-hydrogen) atoms. The van der Waals surface area contributed by atoms with Gasteiger partial charge in [-0.05, 0) is 49.7 Å². The van der Waals surface area contributed by atoms with Crippen molar-refractivity contribution in [2.45, 2.75) is 13.8 Å². The van der Waals surface area contributed by atoms with Crippen LogP contribution in [0, 0.1) is 6.92 Å². The maximum Gasteiger partial charge on any atom is 0.170 e. The minimum atomic E-state index is 0.0809. The number of hydrogen-bond donors (Lipinski definition) is 2. The van der Waals surface area contributed by atoms with E-state index < -0.39 is 0 Å². The number of benzene rings is 2. The van der Waals surface area contributed by atoms with E-state index in [2.05, 4.69) is 5.16 Å². The van der Waals surface area contributed by atoms with E-state index in [9.17, 15) is 0 Å². The van der Waals surface area contributed by atoms with Gasteiger partial charge in [-0.1, -0.05) is 11.2 Å². The maximum absolute atomic E-state index is 8.72. The molecule has 5 heteroatoms. The zero-order valence-corrected chi connectivity index (χ0v) is 12.0. The van der Waals surface area contributed by atoms with Gasteiger partial charge in [0.1, 0.15) is 17.2 Å². The molecule has 0 saturated carbocycles. The van der Waals surface area contributed by atoms with Crippen molar-refractivity contribution in [3.8, 4) is 17.2 Å². The first-order valence-corrected chi connectivity index (χ1v) is 6.63. The van der Waals surface area contributed by atoms with E-state index >= 15 is 0 Å². The van der Waals surface area contributed by atoms with Crippen LogP contribution >= 0.6 is 0 Å². The molecule has 0 radical (unpaired) electrons. The Bertz CT molecular complexity index is 654. The molecule has 0 aliphatic heterocycles. The van der Waals surface area contributed by atoms with E-state index in [0.717, 1.165) is 11.3 Å².